The molecule has 1 aromatic rings. The van der Waals surface area contributed by atoms with E-state index in [1.165, 1.54) is 36.8 Å². The van der Waals surface area contributed by atoms with Crippen LogP contribution in [0.5, 0.6) is 0 Å². The molecule has 158 valence electrons. The average Bonchev–Trinajstić information content (AvgIpc) is 3.14. The molecular weight excluding hydrogens is 350 g/mol. The van der Waals surface area contributed by atoms with Gasteiger partial charge in [0.1, 0.15) is 0 Å². The van der Waals surface area contributed by atoms with E-state index in [2.05, 4.69) is 60.7 Å². The SMILES string of the molecule is CN=C(NCc1cccc(COC(C)(C)C)c1)NCC1(CCOC)CCCC1. The molecule has 0 bridgehead atoms. The van der Waals surface area contributed by atoms with Crippen molar-refractivity contribution in [1.29, 1.82) is 0 Å². The van der Waals surface area contributed by atoms with E-state index in [-0.39, 0.29) is 5.60 Å². The number of hydrogen-bond acceptors (Lipinski definition) is 3. The van der Waals surface area contributed by atoms with Gasteiger partial charge in [-0.15, -0.1) is 0 Å². The first kappa shape index (κ1) is 22.7. The molecule has 0 heterocycles. The maximum Gasteiger partial charge on any atom is 0.191 e. The lowest BCUT2D eigenvalue weighted by Crippen LogP contribution is -2.43. The van der Waals surface area contributed by atoms with E-state index in [1.807, 2.05) is 7.05 Å². The van der Waals surface area contributed by atoms with Gasteiger partial charge in [0.05, 0.1) is 12.2 Å². The standard InChI is InChI=1S/C23H39N3O2/c1-22(2,3)28-17-20-10-8-9-19(15-20)16-25-21(24-4)26-18-23(13-14-27-5)11-6-7-12-23/h8-10,15H,6-7,11-14,16-18H2,1-5H3,(H2,24,25,26). The molecule has 0 spiro atoms. The average molecular weight is 390 g/mol. The van der Waals surface area contributed by atoms with Crippen molar-refractivity contribution < 1.29 is 9.47 Å². The number of methoxy groups -OCH3 is 1. The van der Waals surface area contributed by atoms with Crippen LogP contribution in [0.4, 0.5) is 0 Å². The second kappa shape index (κ2) is 10.8. The summed E-state index contributed by atoms with van der Waals surface area (Å²) in [6, 6.07) is 8.54. The largest absolute Gasteiger partial charge is 0.385 e. The Balaban J connectivity index is 1.85. The van der Waals surface area contributed by atoms with Crippen LogP contribution < -0.4 is 10.6 Å². The minimum Gasteiger partial charge on any atom is -0.385 e. The third-order valence-electron chi connectivity index (χ3n) is 5.48. The van der Waals surface area contributed by atoms with E-state index in [1.54, 1.807) is 7.11 Å². The van der Waals surface area contributed by atoms with Gasteiger partial charge in [0.25, 0.3) is 0 Å². The highest BCUT2D eigenvalue weighted by Crippen LogP contribution is 2.40. The zero-order valence-electron chi connectivity index (χ0n) is 18.4. The fourth-order valence-corrected chi connectivity index (χ4v) is 3.77. The van der Waals surface area contributed by atoms with Crippen LogP contribution in [0.1, 0.15) is 64.0 Å². The summed E-state index contributed by atoms with van der Waals surface area (Å²) < 4.78 is 11.2. The van der Waals surface area contributed by atoms with E-state index in [0.717, 1.165) is 32.1 Å². The van der Waals surface area contributed by atoms with Crippen LogP contribution >= 0.6 is 0 Å². The molecule has 0 aliphatic heterocycles. The highest BCUT2D eigenvalue weighted by molar-refractivity contribution is 5.79. The number of hydrogen-bond donors (Lipinski definition) is 2. The van der Waals surface area contributed by atoms with Crippen LogP contribution in [-0.2, 0) is 22.6 Å². The molecule has 0 saturated heterocycles. The zero-order chi connectivity index (χ0) is 20.5. The van der Waals surface area contributed by atoms with Gasteiger partial charge < -0.3 is 20.1 Å². The monoisotopic (exact) mass is 389 g/mol. The molecule has 0 amide bonds. The lowest BCUT2D eigenvalue weighted by atomic mass is 9.83. The Hall–Kier alpha value is -1.59. The molecule has 1 aliphatic carbocycles. The van der Waals surface area contributed by atoms with E-state index >= 15 is 0 Å². The maximum absolute atomic E-state index is 5.89. The van der Waals surface area contributed by atoms with Crippen LogP contribution in [0, 0.1) is 5.41 Å². The zero-order valence-corrected chi connectivity index (χ0v) is 18.4. The summed E-state index contributed by atoms with van der Waals surface area (Å²) in [5, 5.41) is 7.00. The van der Waals surface area contributed by atoms with Crippen LogP contribution in [0.3, 0.4) is 0 Å². The van der Waals surface area contributed by atoms with Gasteiger partial charge in [-0.2, -0.15) is 0 Å². The highest BCUT2D eigenvalue weighted by atomic mass is 16.5. The van der Waals surface area contributed by atoms with E-state index < -0.39 is 0 Å². The summed E-state index contributed by atoms with van der Waals surface area (Å²) in [5.41, 5.74) is 2.64. The number of nitrogens with one attached hydrogen (secondary N) is 2. The van der Waals surface area contributed by atoms with Crippen molar-refractivity contribution in [3.63, 3.8) is 0 Å². The highest BCUT2D eigenvalue weighted by Gasteiger charge is 2.33. The summed E-state index contributed by atoms with van der Waals surface area (Å²) in [7, 11) is 3.62. The topological polar surface area (TPSA) is 54.9 Å². The Morgan fingerprint density at radius 2 is 1.86 bits per heavy atom. The first-order chi connectivity index (χ1) is 13.4. The van der Waals surface area contributed by atoms with Crippen molar-refractivity contribution >= 4 is 5.96 Å². The minimum absolute atomic E-state index is 0.126. The fraction of sp³-hybridized carbons (Fsp3) is 0.696. The van der Waals surface area contributed by atoms with Crippen molar-refractivity contribution in [2.24, 2.45) is 10.4 Å². The first-order valence-corrected chi connectivity index (χ1v) is 10.5. The molecule has 0 atom stereocenters. The molecule has 0 radical (unpaired) electrons. The third-order valence-corrected chi connectivity index (χ3v) is 5.48. The van der Waals surface area contributed by atoms with Gasteiger partial charge in [0, 0.05) is 33.9 Å². The second-order valence-electron chi connectivity index (χ2n) is 8.95. The maximum atomic E-state index is 5.89. The number of benzene rings is 1. The van der Waals surface area contributed by atoms with Crippen LogP contribution in [0.2, 0.25) is 0 Å². The Bertz CT molecular complexity index is 617. The van der Waals surface area contributed by atoms with E-state index in [9.17, 15) is 0 Å². The minimum atomic E-state index is -0.126. The summed E-state index contributed by atoms with van der Waals surface area (Å²) >= 11 is 0. The number of nitrogens with zero attached hydrogens (tertiary/aromatic N) is 1. The number of ether oxygens (including phenoxy) is 2. The predicted molar refractivity (Wildman–Crippen MR) is 117 cm³/mol. The van der Waals surface area contributed by atoms with Crippen LogP contribution in [0.15, 0.2) is 29.3 Å². The van der Waals surface area contributed by atoms with Crippen molar-refractivity contribution in [3.8, 4) is 0 Å². The Labute approximate surface area is 171 Å². The Morgan fingerprint density at radius 3 is 2.50 bits per heavy atom. The Morgan fingerprint density at radius 1 is 1.14 bits per heavy atom. The summed E-state index contributed by atoms with van der Waals surface area (Å²) in [4.78, 5) is 4.41. The van der Waals surface area contributed by atoms with Gasteiger partial charge in [-0.3, -0.25) is 4.99 Å². The lowest BCUT2D eigenvalue weighted by molar-refractivity contribution is -0.0149. The summed E-state index contributed by atoms with van der Waals surface area (Å²) in [6.07, 6.45) is 6.30. The molecule has 2 N–H and O–H groups in total. The molecule has 2 rings (SSSR count). The number of aliphatic imine (C=N–C) groups is 1. The molecule has 5 nitrogen and oxygen atoms in total. The predicted octanol–water partition coefficient (Wildman–Crippen LogP) is 4.26. The van der Waals surface area contributed by atoms with Crippen molar-refractivity contribution in [2.75, 3.05) is 27.3 Å². The molecule has 1 saturated carbocycles. The van der Waals surface area contributed by atoms with Gasteiger partial charge in [0.15, 0.2) is 5.96 Å². The molecule has 0 aromatic heterocycles. The van der Waals surface area contributed by atoms with Crippen molar-refractivity contribution in [2.45, 2.75) is 71.6 Å². The van der Waals surface area contributed by atoms with Gasteiger partial charge in [-0.05, 0) is 56.6 Å². The molecule has 0 unspecified atom stereocenters. The number of rotatable bonds is 9. The molecule has 1 aromatic carbocycles. The Kier molecular flexibility index (Phi) is 8.77. The van der Waals surface area contributed by atoms with E-state index in [4.69, 9.17) is 9.47 Å². The molecular formula is C23H39N3O2. The smallest absolute Gasteiger partial charge is 0.191 e. The normalized spacial score (nSPS) is 17.0. The van der Waals surface area contributed by atoms with Crippen molar-refractivity contribution in [3.05, 3.63) is 35.4 Å². The van der Waals surface area contributed by atoms with E-state index in [0.29, 0.717) is 12.0 Å². The first-order valence-electron chi connectivity index (χ1n) is 10.5. The van der Waals surface area contributed by atoms with Gasteiger partial charge in [-0.25, -0.2) is 0 Å². The van der Waals surface area contributed by atoms with Crippen LogP contribution in [-0.4, -0.2) is 38.9 Å². The quantitative estimate of drug-likeness (QED) is 0.489. The fourth-order valence-electron chi connectivity index (χ4n) is 3.77. The molecule has 1 aliphatic rings. The third kappa shape index (κ3) is 7.80. The van der Waals surface area contributed by atoms with Crippen LogP contribution in [0.25, 0.3) is 0 Å². The molecule has 1 fully saturated rings. The lowest BCUT2D eigenvalue weighted by Gasteiger charge is -2.30. The summed E-state index contributed by atoms with van der Waals surface area (Å²) in [5.74, 6) is 0.861. The van der Waals surface area contributed by atoms with Gasteiger partial charge in [-0.1, -0.05) is 37.1 Å². The van der Waals surface area contributed by atoms with Gasteiger partial charge >= 0.3 is 0 Å². The number of guanidine groups is 1. The molecule has 5 heteroatoms. The summed E-state index contributed by atoms with van der Waals surface area (Å²) in [6.45, 7) is 9.40. The second-order valence-corrected chi connectivity index (χ2v) is 8.95. The van der Waals surface area contributed by atoms with Crippen molar-refractivity contribution in [1.82, 2.24) is 10.6 Å². The van der Waals surface area contributed by atoms with Gasteiger partial charge in [0.2, 0.25) is 0 Å². The molecule has 28 heavy (non-hydrogen) atoms.